The Kier molecular flexibility index (Phi) is 8.04. The Labute approximate surface area is 169 Å². The van der Waals surface area contributed by atoms with Crippen molar-refractivity contribution in [2.24, 2.45) is 0 Å². The number of nitrogens with one attached hydrogen (secondary N) is 3. The van der Waals surface area contributed by atoms with Crippen LogP contribution in [0.2, 0.25) is 0 Å². The molecule has 0 aliphatic carbocycles. The molecule has 0 spiro atoms. The highest BCUT2D eigenvalue weighted by molar-refractivity contribution is 8.00. The quantitative estimate of drug-likeness (QED) is 0.446. The maximum Gasteiger partial charge on any atom is 0.248 e. The van der Waals surface area contributed by atoms with Gasteiger partial charge in [-0.25, -0.2) is 13.1 Å². The minimum atomic E-state index is -3.67. The molecule has 3 N–H and O–H groups in total. The van der Waals surface area contributed by atoms with E-state index in [2.05, 4.69) is 15.6 Å². The SMILES string of the molecule is Cc1ccc(SCC(=O)NNC(=O)CCNS(=O)(=O)c2ccc(C)cc2)cc1. The van der Waals surface area contributed by atoms with Crippen LogP contribution < -0.4 is 15.6 Å². The van der Waals surface area contributed by atoms with Crippen LogP contribution in [0.1, 0.15) is 17.5 Å². The van der Waals surface area contributed by atoms with E-state index in [0.717, 1.165) is 16.0 Å². The third kappa shape index (κ3) is 7.34. The van der Waals surface area contributed by atoms with E-state index < -0.39 is 15.9 Å². The maximum absolute atomic E-state index is 12.1. The molecule has 0 heterocycles. The number of thioether (sulfide) groups is 1. The number of sulfonamides is 1. The summed E-state index contributed by atoms with van der Waals surface area (Å²) in [6, 6.07) is 14.2. The van der Waals surface area contributed by atoms with E-state index >= 15 is 0 Å². The highest BCUT2D eigenvalue weighted by atomic mass is 32.2. The summed E-state index contributed by atoms with van der Waals surface area (Å²) in [6.07, 6.45) is -0.101. The van der Waals surface area contributed by atoms with Crippen molar-refractivity contribution in [2.45, 2.75) is 30.1 Å². The Hall–Kier alpha value is -2.36. The smallest absolute Gasteiger partial charge is 0.248 e. The molecule has 28 heavy (non-hydrogen) atoms. The number of hydrogen-bond acceptors (Lipinski definition) is 5. The number of hydrogen-bond donors (Lipinski definition) is 3. The molecule has 150 valence electrons. The number of carbonyl (C=O) groups is 2. The summed E-state index contributed by atoms with van der Waals surface area (Å²) in [6.45, 7) is 3.77. The average Bonchev–Trinajstić information content (AvgIpc) is 2.66. The number of rotatable bonds is 8. The van der Waals surface area contributed by atoms with Gasteiger partial charge < -0.3 is 0 Å². The van der Waals surface area contributed by atoms with Gasteiger partial charge in [0.1, 0.15) is 0 Å². The zero-order valence-corrected chi connectivity index (χ0v) is 17.3. The summed E-state index contributed by atoms with van der Waals surface area (Å²) < 4.78 is 26.6. The van der Waals surface area contributed by atoms with Gasteiger partial charge >= 0.3 is 0 Å². The first-order chi connectivity index (χ1) is 13.3. The Morgan fingerprint density at radius 1 is 0.857 bits per heavy atom. The predicted octanol–water partition coefficient (Wildman–Crippen LogP) is 1.91. The van der Waals surface area contributed by atoms with Crippen LogP contribution in [0, 0.1) is 13.8 Å². The van der Waals surface area contributed by atoms with Crippen LogP contribution in [-0.2, 0) is 19.6 Å². The van der Waals surface area contributed by atoms with E-state index in [0.29, 0.717) is 0 Å². The molecule has 0 aliphatic heterocycles. The molecule has 0 radical (unpaired) electrons. The zero-order valence-electron chi connectivity index (χ0n) is 15.7. The third-order valence-electron chi connectivity index (χ3n) is 3.71. The lowest BCUT2D eigenvalue weighted by Crippen LogP contribution is -2.43. The molecule has 0 saturated carbocycles. The second-order valence-electron chi connectivity index (χ2n) is 6.16. The van der Waals surface area contributed by atoms with Gasteiger partial charge in [0.15, 0.2) is 0 Å². The summed E-state index contributed by atoms with van der Waals surface area (Å²) in [5.74, 6) is -0.678. The fourth-order valence-corrected chi connectivity index (χ4v) is 3.85. The lowest BCUT2D eigenvalue weighted by Gasteiger charge is -2.09. The molecule has 9 heteroatoms. The van der Waals surface area contributed by atoms with Gasteiger partial charge in [-0.2, -0.15) is 0 Å². The fourth-order valence-electron chi connectivity index (χ4n) is 2.12. The molecule has 0 aromatic heterocycles. The number of aryl methyl sites for hydroxylation is 2. The molecular weight excluding hydrogens is 398 g/mol. The van der Waals surface area contributed by atoms with Gasteiger partial charge in [0.05, 0.1) is 10.6 Å². The van der Waals surface area contributed by atoms with Gasteiger partial charge in [0.25, 0.3) is 0 Å². The lowest BCUT2D eigenvalue weighted by molar-refractivity contribution is -0.127. The van der Waals surface area contributed by atoms with Crippen LogP contribution in [0.5, 0.6) is 0 Å². The zero-order chi connectivity index (χ0) is 20.6. The minimum Gasteiger partial charge on any atom is -0.273 e. The summed E-state index contributed by atoms with van der Waals surface area (Å²) >= 11 is 1.35. The standard InChI is InChI=1S/C19H23N3O4S2/c1-14-3-7-16(8-4-14)27-13-19(24)22-21-18(23)11-12-20-28(25,26)17-9-5-15(2)6-10-17/h3-10,20H,11-13H2,1-2H3,(H,21,23)(H,22,24). The molecule has 0 aliphatic rings. The summed E-state index contributed by atoms with van der Waals surface area (Å²) in [5.41, 5.74) is 6.68. The molecule has 2 aromatic carbocycles. The Balaban J connectivity index is 1.67. The Bertz CT molecular complexity index is 911. The first-order valence-corrected chi connectivity index (χ1v) is 11.1. The first kappa shape index (κ1) is 21.9. The molecule has 0 unspecified atom stereocenters. The maximum atomic E-state index is 12.1. The van der Waals surface area contributed by atoms with Crippen molar-refractivity contribution in [3.63, 3.8) is 0 Å². The van der Waals surface area contributed by atoms with E-state index in [-0.39, 0.29) is 29.5 Å². The molecule has 0 saturated heterocycles. The van der Waals surface area contributed by atoms with Crippen LogP contribution in [0.15, 0.2) is 58.3 Å². The van der Waals surface area contributed by atoms with Crippen LogP contribution in [-0.4, -0.2) is 32.5 Å². The van der Waals surface area contributed by atoms with Crippen LogP contribution >= 0.6 is 11.8 Å². The summed E-state index contributed by atoms with van der Waals surface area (Å²) in [5, 5.41) is 0. The highest BCUT2D eigenvalue weighted by Crippen LogP contribution is 2.17. The Morgan fingerprint density at radius 3 is 2.00 bits per heavy atom. The van der Waals surface area contributed by atoms with Gasteiger partial charge in [-0.05, 0) is 38.1 Å². The van der Waals surface area contributed by atoms with Crippen molar-refractivity contribution in [1.29, 1.82) is 0 Å². The Morgan fingerprint density at radius 2 is 1.39 bits per heavy atom. The molecule has 2 amide bonds. The van der Waals surface area contributed by atoms with Crippen molar-refractivity contribution in [3.05, 3.63) is 59.7 Å². The highest BCUT2D eigenvalue weighted by Gasteiger charge is 2.14. The molecule has 0 fully saturated rings. The van der Waals surface area contributed by atoms with Crippen molar-refractivity contribution < 1.29 is 18.0 Å². The number of benzene rings is 2. The molecular formula is C19H23N3O4S2. The number of carbonyl (C=O) groups excluding carboxylic acids is 2. The van der Waals surface area contributed by atoms with Crippen LogP contribution in [0.4, 0.5) is 0 Å². The topological polar surface area (TPSA) is 104 Å². The van der Waals surface area contributed by atoms with E-state index in [1.165, 1.54) is 23.9 Å². The average molecular weight is 422 g/mol. The molecule has 2 rings (SSSR count). The lowest BCUT2D eigenvalue weighted by atomic mass is 10.2. The van der Waals surface area contributed by atoms with Gasteiger partial charge in [-0.1, -0.05) is 35.4 Å². The molecule has 0 atom stereocenters. The van der Waals surface area contributed by atoms with Crippen molar-refractivity contribution >= 4 is 33.6 Å². The normalized spacial score (nSPS) is 11.1. The monoisotopic (exact) mass is 421 g/mol. The van der Waals surface area contributed by atoms with Gasteiger partial charge in [-0.15, -0.1) is 11.8 Å². The molecule has 7 nitrogen and oxygen atoms in total. The summed E-state index contributed by atoms with van der Waals surface area (Å²) in [4.78, 5) is 24.6. The van der Waals surface area contributed by atoms with Gasteiger partial charge in [-0.3, -0.25) is 20.4 Å². The van der Waals surface area contributed by atoms with Crippen molar-refractivity contribution in [1.82, 2.24) is 15.6 Å². The second kappa shape index (κ2) is 10.3. The number of amides is 2. The van der Waals surface area contributed by atoms with E-state index in [1.54, 1.807) is 12.1 Å². The van der Waals surface area contributed by atoms with Crippen LogP contribution in [0.25, 0.3) is 0 Å². The third-order valence-corrected chi connectivity index (χ3v) is 6.20. The minimum absolute atomic E-state index is 0.0734. The number of hydrazine groups is 1. The molecule has 2 aromatic rings. The first-order valence-electron chi connectivity index (χ1n) is 8.60. The van der Waals surface area contributed by atoms with E-state index in [4.69, 9.17) is 0 Å². The van der Waals surface area contributed by atoms with Crippen molar-refractivity contribution in [2.75, 3.05) is 12.3 Å². The summed E-state index contributed by atoms with van der Waals surface area (Å²) in [7, 11) is -3.67. The van der Waals surface area contributed by atoms with E-state index in [1.807, 2.05) is 38.1 Å². The largest absolute Gasteiger partial charge is 0.273 e. The van der Waals surface area contributed by atoms with Crippen LogP contribution in [0.3, 0.4) is 0 Å². The van der Waals surface area contributed by atoms with Gasteiger partial charge in [0, 0.05) is 17.9 Å². The second-order valence-corrected chi connectivity index (χ2v) is 8.97. The molecule has 0 bridgehead atoms. The fraction of sp³-hybridized carbons (Fsp3) is 0.263. The van der Waals surface area contributed by atoms with E-state index in [9.17, 15) is 18.0 Å². The predicted molar refractivity (Wildman–Crippen MR) is 109 cm³/mol. The van der Waals surface area contributed by atoms with Gasteiger partial charge in [0.2, 0.25) is 21.8 Å². The van der Waals surface area contributed by atoms with Crippen molar-refractivity contribution in [3.8, 4) is 0 Å².